The zero-order valence-electron chi connectivity index (χ0n) is 7.71. The van der Waals surface area contributed by atoms with Crippen LogP contribution in [0.5, 0.6) is 0 Å². The van der Waals surface area contributed by atoms with Gasteiger partial charge in [-0.15, -0.1) is 6.58 Å². The lowest BCUT2D eigenvalue weighted by molar-refractivity contribution is -0.140. The van der Waals surface area contributed by atoms with Gasteiger partial charge in [-0.2, -0.15) is 0 Å². The molecule has 0 aliphatic rings. The molecule has 12 heavy (non-hydrogen) atoms. The predicted molar refractivity (Wildman–Crippen MR) is 49.1 cm³/mol. The van der Waals surface area contributed by atoms with Crippen molar-refractivity contribution in [3.8, 4) is 0 Å². The Kier molecular flexibility index (Phi) is 5.37. The second-order valence-corrected chi connectivity index (χ2v) is 2.90. The quantitative estimate of drug-likeness (QED) is 0.591. The lowest BCUT2D eigenvalue weighted by atomic mass is 9.99. The molecular formula is C9H17NO2. The summed E-state index contributed by atoms with van der Waals surface area (Å²) in [6, 6.07) is -0.451. The Bertz CT molecular complexity index is 157. The molecule has 0 saturated carbocycles. The Morgan fingerprint density at radius 3 is 2.67 bits per heavy atom. The molecule has 0 bridgehead atoms. The van der Waals surface area contributed by atoms with Crippen molar-refractivity contribution in [1.82, 2.24) is 5.32 Å². The summed E-state index contributed by atoms with van der Waals surface area (Å²) in [7, 11) is 0. The Balaban J connectivity index is 4.02. The van der Waals surface area contributed by atoms with Crippen LogP contribution in [0.4, 0.5) is 0 Å². The summed E-state index contributed by atoms with van der Waals surface area (Å²) in [5, 5.41) is 11.7. The van der Waals surface area contributed by atoms with Gasteiger partial charge in [-0.25, -0.2) is 0 Å². The van der Waals surface area contributed by atoms with Crippen LogP contribution in [-0.4, -0.2) is 23.7 Å². The molecule has 3 nitrogen and oxygen atoms in total. The van der Waals surface area contributed by atoms with Gasteiger partial charge in [0.15, 0.2) is 0 Å². The van der Waals surface area contributed by atoms with Crippen LogP contribution < -0.4 is 5.32 Å². The van der Waals surface area contributed by atoms with E-state index >= 15 is 0 Å². The zero-order chi connectivity index (χ0) is 9.56. The van der Waals surface area contributed by atoms with Crippen LogP contribution in [0.2, 0.25) is 0 Å². The Morgan fingerprint density at radius 2 is 2.33 bits per heavy atom. The largest absolute Gasteiger partial charge is 0.480 e. The van der Waals surface area contributed by atoms with E-state index in [1.165, 1.54) is 0 Å². The molecule has 0 aromatic rings. The van der Waals surface area contributed by atoms with Crippen molar-refractivity contribution in [3.63, 3.8) is 0 Å². The highest BCUT2D eigenvalue weighted by Gasteiger charge is 2.21. The van der Waals surface area contributed by atoms with E-state index < -0.39 is 12.0 Å². The first-order chi connectivity index (χ1) is 5.63. The van der Waals surface area contributed by atoms with E-state index in [1.807, 2.05) is 13.8 Å². The third-order valence-electron chi connectivity index (χ3n) is 1.96. The molecule has 0 amide bonds. The van der Waals surface area contributed by atoms with Crippen LogP contribution in [0, 0.1) is 5.92 Å². The van der Waals surface area contributed by atoms with Gasteiger partial charge in [-0.05, 0) is 5.92 Å². The Hall–Kier alpha value is -0.830. The van der Waals surface area contributed by atoms with E-state index in [0.29, 0.717) is 6.54 Å². The van der Waals surface area contributed by atoms with Crippen LogP contribution >= 0.6 is 0 Å². The Morgan fingerprint density at radius 1 is 1.75 bits per heavy atom. The van der Waals surface area contributed by atoms with E-state index in [0.717, 1.165) is 6.42 Å². The van der Waals surface area contributed by atoms with Crippen LogP contribution in [0.15, 0.2) is 12.7 Å². The number of rotatable bonds is 6. The number of carboxylic acids is 1. The monoisotopic (exact) mass is 171 g/mol. The maximum absolute atomic E-state index is 10.7. The summed E-state index contributed by atoms with van der Waals surface area (Å²) >= 11 is 0. The van der Waals surface area contributed by atoms with E-state index in [9.17, 15) is 4.79 Å². The normalized spacial score (nSPS) is 15.2. The van der Waals surface area contributed by atoms with E-state index in [-0.39, 0.29) is 5.92 Å². The molecule has 0 radical (unpaired) electrons. The standard InChI is InChI=1S/C9H17NO2/c1-4-6-10-8(9(11)12)7(3)5-2/h4,7-8,10H,1,5-6H2,2-3H3,(H,11,12)/t7-,8-/m0/s1. The van der Waals surface area contributed by atoms with Gasteiger partial charge in [0.2, 0.25) is 0 Å². The summed E-state index contributed by atoms with van der Waals surface area (Å²) in [5.74, 6) is -0.631. The second-order valence-electron chi connectivity index (χ2n) is 2.90. The number of hydrogen-bond donors (Lipinski definition) is 2. The molecular weight excluding hydrogens is 154 g/mol. The van der Waals surface area contributed by atoms with Crippen molar-refractivity contribution >= 4 is 5.97 Å². The van der Waals surface area contributed by atoms with Gasteiger partial charge in [-0.1, -0.05) is 26.3 Å². The highest BCUT2D eigenvalue weighted by molar-refractivity contribution is 5.73. The molecule has 0 rings (SSSR count). The zero-order valence-corrected chi connectivity index (χ0v) is 7.71. The third kappa shape index (κ3) is 3.53. The summed E-state index contributed by atoms with van der Waals surface area (Å²) in [6.45, 7) is 7.97. The van der Waals surface area contributed by atoms with Crippen LogP contribution in [0.25, 0.3) is 0 Å². The molecule has 0 unspecified atom stereocenters. The van der Waals surface area contributed by atoms with Crippen molar-refractivity contribution in [2.75, 3.05) is 6.54 Å². The molecule has 70 valence electrons. The predicted octanol–water partition coefficient (Wildman–Crippen LogP) is 1.26. The van der Waals surface area contributed by atoms with E-state index in [2.05, 4.69) is 11.9 Å². The molecule has 0 spiro atoms. The van der Waals surface area contributed by atoms with Crippen LogP contribution in [0.3, 0.4) is 0 Å². The SMILES string of the molecule is C=CCN[C@H](C(=O)O)[C@@H](C)CC. The molecule has 0 aliphatic carbocycles. The van der Waals surface area contributed by atoms with Gasteiger partial charge in [0, 0.05) is 6.54 Å². The van der Waals surface area contributed by atoms with Gasteiger partial charge in [0.25, 0.3) is 0 Å². The minimum Gasteiger partial charge on any atom is -0.480 e. The molecule has 0 aromatic carbocycles. The lowest BCUT2D eigenvalue weighted by Crippen LogP contribution is -2.41. The van der Waals surface area contributed by atoms with Gasteiger partial charge in [0.05, 0.1) is 0 Å². The lowest BCUT2D eigenvalue weighted by Gasteiger charge is -2.18. The Labute approximate surface area is 73.5 Å². The first-order valence-corrected chi connectivity index (χ1v) is 4.20. The van der Waals surface area contributed by atoms with Crippen molar-refractivity contribution in [3.05, 3.63) is 12.7 Å². The maximum atomic E-state index is 10.7. The van der Waals surface area contributed by atoms with Gasteiger partial charge < -0.3 is 10.4 Å². The number of hydrogen-bond acceptors (Lipinski definition) is 2. The fourth-order valence-corrected chi connectivity index (χ4v) is 0.978. The fourth-order valence-electron chi connectivity index (χ4n) is 0.978. The van der Waals surface area contributed by atoms with Gasteiger partial charge >= 0.3 is 5.97 Å². The summed E-state index contributed by atoms with van der Waals surface area (Å²) in [4.78, 5) is 10.7. The molecule has 2 N–H and O–H groups in total. The van der Waals surface area contributed by atoms with Crippen LogP contribution in [-0.2, 0) is 4.79 Å². The second kappa shape index (κ2) is 5.77. The number of carboxylic acid groups (broad SMARTS) is 1. The summed E-state index contributed by atoms with van der Waals surface area (Å²) < 4.78 is 0. The first kappa shape index (κ1) is 11.2. The van der Waals surface area contributed by atoms with Crippen molar-refractivity contribution in [2.24, 2.45) is 5.92 Å². The van der Waals surface area contributed by atoms with Crippen molar-refractivity contribution in [1.29, 1.82) is 0 Å². The van der Waals surface area contributed by atoms with E-state index in [1.54, 1.807) is 6.08 Å². The molecule has 0 heterocycles. The summed E-state index contributed by atoms with van der Waals surface area (Å²) in [5.41, 5.74) is 0. The molecule has 2 atom stereocenters. The number of nitrogens with one attached hydrogen (secondary N) is 1. The molecule has 0 fully saturated rings. The van der Waals surface area contributed by atoms with Gasteiger partial charge in [-0.3, -0.25) is 4.79 Å². The van der Waals surface area contributed by atoms with Gasteiger partial charge in [0.1, 0.15) is 6.04 Å². The highest BCUT2D eigenvalue weighted by Crippen LogP contribution is 2.07. The van der Waals surface area contributed by atoms with Crippen LogP contribution in [0.1, 0.15) is 20.3 Å². The molecule has 0 aliphatic heterocycles. The minimum atomic E-state index is -0.786. The maximum Gasteiger partial charge on any atom is 0.320 e. The first-order valence-electron chi connectivity index (χ1n) is 4.20. The smallest absolute Gasteiger partial charge is 0.320 e. The third-order valence-corrected chi connectivity index (χ3v) is 1.96. The molecule has 0 saturated heterocycles. The molecule has 0 aromatic heterocycles. The van der Waals surface area contributed by atoms with Crippen molar-refractivity contribution in [2.45, 2.75) is 26.3 Å². The number of carbonyl (C=O) groups is 1. The topological polar surface area (TPSA) is 49.3 Å². The highest BCUT2D eigenvalue weighted by atomic mass is 16.4. The fraction of sp³-hybridized carbons (Fsp3) is 0.667. The average Bonchev–Trinajstić information content (AvgIpc) is 2.04. The average molecular weight is 171 g/mol. The van der Waals surface area contributed by atoms with E-state index in [4.69, 9.17) is 5.11 Å². The van der Waals surface area contributed by atoms with Crippen molar-refractivity contribution < 1.29 is 9.90 Å². The summed E-state index contributed by atoms with van der Waals surface area (Å²) in [6.07, 6.45) is 2.53. The minimum absolute atomic E-state index is 0.155. The number of aliphatic carboxylic acids is 1. The molecule has 3 heteroatoms.